The number of amides is 3. The van der Waals surface area contributed by atoms with E-state index >= 15 is 0 Å². The maximum Gasteiger partial charge on any atom is 0.339 e. The number of rotatable bonds is 7. The molecule has 38 heavy (non-hydrogen) atoms. The van der Waals surface area contributed by atoms with Crippen LogP contribution in [0.3, 0.4) is 0 Å². The Kier molecular flexibility index (Phi) is 7.58. The maximum absolute atomic E-state index is 13.5. The highest BCUT2D eigenvalue weighted by Gasteiger charge is 2.39. The van der Waals surface area contributed by atoms with Crippen LogP contribution in [0.25, 0.3) is 0 Å². The number of imide groups is 1. The minimum Gasteiger partial charge on any atom is -0.496 e. The predicted octanol–water partition coefficient (Wildman–Crippen LogP) is 5.53. The standard InChI is InChI=1S/C25H15Cl3FN3O6/c1-38-19-10-18(16(27)9-14(19)25(36)37)31-22(33)11-3-2-4-12(7-11)30-21-20(28)23(34)32(24(21)35)13-5-6-17(29)15(26)8-13/h2-10,30H,1H3,(H,31,33)(H,36,37). The van der Waals surface area contributed by atoms with Crippen molar-refractivity contribution in [1.29, 1.82) is 0 Å². The minimum absolute atomic E-state index is 0.00870. The Labute approximate surface area is 229 Å². The van der Waals surface area contributed by atoms with Gasteiger partial charge >= 0.3 is 5.97 Å². The van der Waals surface area contributed by atoms with Crippen LogP contribution in [0.4, 0.5) is 21.5 Å². The summed E-state index contributed by atoms with van der Waals surface area (Å²) in [6.07, 6.45) is 0. The van der Waals surface area contributed by atoms with Crippen LogP contribution in [0.15, 0.2) is 65.3 Å². The van der Waals surface area contributed by atoms with Gasteiger partial charge in [0.2, 0.25) is 0 Å². The Morgan fingerprint density at radius 3 is 2.37 bits per heavy atom. The molecule has 1 aliphatic heterocycles. The van der Waals surface area contributed by atoms with Crippen molar-refractivity contribution in [2.24, 2.45) is 0 Å². The lowest BCUT2D eigenvalue weighted by atomic mass is 10.1. The Bertz CT molecular complexity index is 1560. The molecule has 0 aliphatic carbocycles. The van der Waals surface area contributed by atoms with Gasteiger partial charge in [0.25, 0.3) is 17.7 Å². The molecule has 3 amide bonds. The van der Waals surface area contributed by atoms with Gasteiger partial charge in [0.15, 0.2) is 0 Å². The summed E-state index contributed by atoms with van der Waals surface area (Å²) in [6.45, 7) is 0. The normalized spacial score (nSPS) is 13.1. The van der Waals surface area contributed by atoms with Crippen molar-refractivity contribution >= 4 is 75.6 Å². The van der Waals surface area contributed by atoms with E-state index in [4.69, 9.17) is 39.5 Å². The first-order valence-electron chi connectivity index (χ1n) is 10.5. The summed E-state index contributed by atoms with van der Waals surface area (Å²) < 4.78 is 18.6. The number of aromatic carboxylic acids is 1. The van der Waals surface area contributed by atoms with Gasteiger partial charge in [-0.15, -0.1) is 0 Å². The molecule has 0 unspecified atom stereocenters. The van der Waals surface area contributed by atoms with E-state index in [2.05, 4.69) is 10.6 Å². The van der Waals surface area contributed by atoms with Crippen LogP contribution < -0.4 is 20.3 Å². The number of benzene rings is 3. The Balaban J connectivity index is 1.56. The topological polar surface area (TPSA) is 125 Å². The molecule has 1 heterocycles. The van der Waals surface area contributed by atoms with Gasteiger partial charge in [-0.3, -0.25) is 14.4 Å². The third-order valence-corrected chi connectivity index (χ3v) is 6.30. The summed E-state index contributed by atoms with van der Waals surface area (Å²) in [7, 11) is 1.27. The van der Waals surface area contributed by atoms with Gasteiger partial charge in [-0.25, -0.2) is 14.1 Å². The van der Waals surface area contributed by atoms with E-state index in [1.165, 1.54) is 43.5 Å². The second-order valence-corrected chi connectivity index (χ2v) is 8.92. The summed E-state index contributed by atoms with van der Waals surface area (Å²) in [5, 5.41) is 13.8. The quantitative estimate of drug-likeness (QED) is 0.315. The lowest BCUT2D eigenvalue weighted by molar-refractivity contribution is -0.120. The van der Waals surface area contributed by atoms with Gasteiger partial charge in [-0.1, -0.05) is 40.9 Å². The third kappa shape index (κ3) is 5.14. The van der Waals surface area contributed by atoms with Crippen LogP contribution in [-0.2, 0) is 9.59 Å². The van der Waals surface area contributed by atoms with E-state index < -0.39 is 34.5 Å². The first-order valence-corrected chi connectivity index (χ1v) is 11.7. The highest BCUT2D eigenvalue weighted by Crippen LogP contribution is 2.33. The van der Waals surface area contributed by atoms with E-state index in [1.807, 2.05) is 0 Å². The zero-order valence-corrected chi connectivity index (χ0v) is 21.4. The van der Waals surface area contributed by atoms with Crippen LogP contribution in [0.2, 0.25) is 10.0 Å². The van der Waals surface area contributed by atoms with Crippen LogP contribution >= 0.6 is 34.8 Å². The largest absolute Gasteiger partial charge is 0.496 e. The average molecular weight is 579 g/mol. The van der Waals surface area contributed by atoms with Crippen molar-refractivity contribution in [1.82, 2.24) is 0 Å². The van der Waals surface area contributed by atoms with Gasteiger partial charge in [0.05, 0.1) is 28.5 Å². The number of carboxylic acid groups (broad SMARTS) is 1. The number of methoxy groups -OCH3 is 1. The van der Waals surface area contributed by atoms with Gasteiger partial charge in [0.1, 0.15) is 27.9 Å². The van der Waals surface area contributed by atoms with E-state index in [0.717, 1.165) is 23.1 Å². The third-order valence-electron chi connectivity index (χ3n) is 5.35. The average Bonchev–Trinajstić information content (AvgIpc) is 3.09. The van der Waals surface area contributed by atoms with Crippen molar-refractivity contribution in [2.75, 3.05) is 22.6 Å². The minimum atomic E-state index is -1.26. The number of nitrogens with one attached hydrogen (secondary N) is 2. The van der Waals surface area contributed by atoms with Gasteiger partial charge in [-0.2, -0.15) is 0 Å². The molecular weight excluding hydrogens is 564 g/mol. The Hall–Kier alpha value is -4.12. The number of hydrogen-bond acceptors (Lipinski definition) is 6. The number of anilines is 3. The maximum atomic E-state index is 13.5. The molecule has 1 aliphatic rings. The fraction of sp³-hybridized carbons (Fsp3) is 0.0400. The van der Waals surface area contributed by atoms with E-state index in [-0.39, 0.29) is 49.7 Å². The molecule has 3 aromatic carbocycles. The zero-order chi connectivity index (χ0) is 27.7. The molecule has 0 radical (unpaired) electrons. The second-order valence-electron chi connectivity index (χ2n) is 7.73. The Morgan fingerprint density at radius 1 is 0.974 bits per heavy atom. The lowest BCUT2D eigenvalue weighted by Gasteiger charge is -2.16. The highest BCUT2D eigenvalue weighted by molar-refractivity contribution is 6.53. The Morgan fingerprint density at radius 2 is 1.71 bits per heavy atom. The molecule has 9 nitrogen and oxygen atoms in total. The molecule has 0 bridgehead atoms. The van der Waals surface area contributed by atoms with Gasteiger partial charge in [-0.05, 0) is 42.5 Å². The molecule has 0 fully saturated rings. The fourth-order valence-electron chi connectivity index (χ4n) is 3.53. The van der Waals surface area contributed by atoms with Crippen molar-refractivity contribution in [3.63, 3.8) is 0 Å². The molecule has 0 atom stereocenters. The zero-order valence-electron chi connectivity index (χ0n) is 19.1. The van der Waals surface area contributed by atoms with Crippen molar-refractivity contribution in [3.8, 4) is 5.75 Å². The molecule has 3 aromatic rings. The second kappa shape index (κ2) is 10.7. The van der Waals surface area contributed by atoms with Crippen molar-refractivity contribution < 1.29 is 33.4 Å². The molecule has 0 aromatic heterocycles. The summed E-state index contributed by atoms with van der Waals surface area (Å²) in [5.41, 5.74) is 0.0636. The molecule has 0 saturated carbocycles. The number of carbonyl (C=O) groups is 4. The molecule has 3 N–H and O–H groups in total. The SMILES string of the molecule is COc1cc(NC(=O)c2cccc(NC3=C(Cl)C(=O)N(c4ccc(F)c(Cl)c4)C3=O)c2)c(Cl)cc1C(=O)O. The highest BCUT2D eigenvalue weighted by atomic mass is 35.5. The molecule has 194 valence electrons. The smallest absolute Gasteiger partial charge is 0.339 e. The first-order chi connectivity index (χ1) is 18.0. The van der Waals surface area contributed by atoms with Crippen LogP contribution in [0.1, 0.15) is 20.7 Å². The van der Waals surface area contributed by atoms with Crippen molar-refractivity contribution in [2.45, 2.75) is 0 Å². The lowest BCUT2D eigenvalue weighted by Crippen LogP contribution is -2.32. The number of carboxylic acids is 1. The summed E-state index contributed by atoms with van der Waals surface area (Å²) in [6, 6.07) is 11.7. The van der Waals surface area contributed by atoms with E-state index in [9.17, 15) is 28.7 Å². The molecule has 0 saturated heterocycles. The van der Waals surface area contributed by atoms with Gasteiger partial charge < -0.3 is 20.5 Å². The molecule has 0 spiro atoms. The van der Waals surface area contributed by atoms with Crippen molar-refractivity contribution in [3.05, 3.63) is 92.3 Å². The number of ether oxygens (including phenoxy) is 1. The predicted molar refractivity (Wildman–Crippen MR) is 140 cm³/mol. The number of nitrogens with zero attached hydrogens (tertiary/aromatic N) is 1. The fourth-order valence-corrected chi connectivity index (χ4v) is 4.13. The molecule has 13 heteroatoms. The summed E-state index contributed by atoms with van der Waals surface area (Å²) in [5.74, 6) is -4.25. The summed E-state index contributed by atoms with van der Waals surface area (Å²) in [4.78, 5) is 50.6. The molecule has 4 rings (SSSR count). The first kappa shape index (κ1) is 26.9. The van der Waals surface area contributed by atoms with Crippen LogP contribution in [-0.4, -0.2) is 35.9 Å². The van der Waals surface area contributed by atoms with Crippen LogP contribution in [0, 0.1) is 5.82 Å². The van der Waals surface area contributed by atoms with Crippen LogP contribution in [0.5, 0.6) is 5.75 Å². The van der Waals surface area contributed by atoms with E-state index in [1.54, 1.807) is 0 Å². The van der Waals surface area contributed by atoms with Gasteiger partial charge in [0, 0.05) is 17.3 Å². The number of halogens is 4. The number of hydrogen-bond donors (Lipinski definition) is 3. The van der Waals surface area contributed by atoms with E-state index in [0.29, 0.717) is 0 Å². The molecular formula is C25H15Cl3FN3O6. The monoisotopic (exact) mass is 577 g/mol. The number of carbonyl (C=O) groups excluding carboxylic acids is 3. The summed E-state index contributed by atoms with van der Waals surface area (Å²) >= 11 is 18.0.